The van der Waals surface area contributed by atoms with Gasteiger partial charge in [0, 0.05) is 6.04 Å². The molecule has 0 unspecified atom stereocenters. The van der Waals surface area contributed by atoms with Gasteiger partial charge in [-0.05, 0) is 79.5 Å². The van der Waals surface area contributed by atoms with E-state index in [2.05, 4.69) is 39.8 Å². The first-order valence-corrected chi connectivity index (χ1v) is 8.28. The lowest BCUT2D eigenvalue weighted by molar-refractivity contribution is 0.580. The van der Waals surface area contributed by atoms with E-state index in [1.165, 1.54) is 44.1 Å². The van der Waals surface area contributed by atoms with Gasteiger partial charge in [0.2, 0.25) is 0 Å². The van der Waals surface area contributed by atoms with Crippen molar-refractivity contribution in [1.29, 1.82) is 0 Å². The molecular weight excluding hydrogens is 242 g/mol. The summed E-state index contributed by atoms with van der Waals surface area (Å²) in [5.41, 5.74) is 12.5. The Hall–Kier alpha value is -0.820. The first-order valence-electron chi connectivity index (χ1n) is 8.28. The van der Waals surface area contributed by atoms with E-state index in [9.17, 15) is 0 Å². The van der Waals surface area contributed by atoms with Crippen molar-refractivity contribution in [3.05, 3.63) is 34.4 Å². The van der Waals surface area contributed by atoms with Crippen LogP contribution in [0.25, 0.3) is 0 Å². The fourth-order valence-electron chi connectivity index (χ4n) is 3.23. The van der Waals surface area contributed by atoms with Gasteiger partial charge in [0.1, 0.15) is 0 Å². The highest BCUT2D eigenvalue weighted by Crippen LogP contribution is 2.32. The van der Waals surface area contributed by atoms with Gasteiger partial charge in [-0.1, -0.05) is 32.9 Å². The average Bonchev–Trinajstić information content (AvgIpc) is 2.37. The van der Waals surface area contributed by atoms with Crippen molar-refractivity contribution in [1.82, 2.24) is 0 Å². The molecule has 1 atom stereocenters. The van der Waals surface area contributed by atoms with E-state index in [4.69, 9.17) is 5.73 Å². The number of rotatable bonds is 4. The van der Waals surface area contributed by atoms with Gasteiger partial charge in [-0.15, -0.1) is 0 Å². The van der Waals surface area contributed by atoms with Gasteiger partial charge in [0.25, 0.3) is 0 Å². The summed E-state index contributed by atoms with van der Waals surface area (Å²) in [5, 5.41) is 0. The first kappa shape index (κ1) is 15.6. The van der Waals surface area contributed by atoms with E-state index < -0.39 is 0 Å². The molecule has 2 N–H and O–H groups in total. The Morgan fingerprint density at radius 3 is 2.50 bits per heavy atom. The van der Waals surface area contributed by atoms with Gasteiger partial charge in [-0.25, -0.2) is 0 Å². The Morgan fingerprint density at radius 2 is 1.85 bits per heavy atom. The lowest BCUT2D eigenvalue weighted by atomic mass is 9.79. The van der Waals surface area contributed by atoms with Crippen LogP contribution in [0.1, 0.15) is 75.6 Å². The third kappa shape index (κ3) is 3.85. The predicted molar refractivity (Wildman–Crippen MR) is 88.4 cm³/mol. The minimum atomic E-state index is 0.252. The van der Waals surface area contributed by atoms with Crippen LogP contribution in [-0.2, 0) is 24.7 Å². The molecule has 0 spiro atoms. The molecule has 0 amide bonds. The molecule has 1 aromatic carbocycles. The van der Waals surface area contributed by atoms with Crippen LogP contribution in [0.2, 0.25) is 0 Å². The van der Waals surface area contributed by atoms with Gasteiger partial charge in [-0.2, -0.15) is 0 Å². The Morgan fingerprint density at radius 1 is 1.15 bits per heavy atom. The average molecular weight is 273 g/mol. The Bertz CT molecular complexity index is 452. The standard InChI is InChI=1S/C19H31N/c1-14(20)8-7-10-16-13-17(19(2,3)4)12-15-9-5-6-11-18(15)16/h12-14H,5-11,20H2,1-4H3/t14-/m0/s1. The maximum Gasteiger partial charge on any atom is 0.00105 e. The largest absolute Gasteiger partial charge is 0.328 e. The smallest absolute Gasteiger partial charge is 0.00105 e. The third-order valence-corrected chi connectivity index (χ3v) is 4.53. The number of aryl methyl sites for hydroxylation is 2. The summed E-state index contributed by atoms with van der Waals surface area (Å²) in [6, 6.07) is 5.28. The second kappa shape index (κ2) is 6.30. The molecule has 0 aromatic heterocycles. The maximum atomic E-state index is 5.89. The van der Waals surface area contributed by atoms with Crippen molar-refractivity contribution in [3.8, 4) is 0 Å². The van der Waals surface area contributed by atoms with Gasteiger partial charge in [-0.3, -0.25) is 0 Å². The second-order valence-electron chi connectivity index (χ2n) is 7.60. The lowest BCUT2D eigenvalue weighted by Crippen LogP contribution is -2.17. The number of hydrogen-bond acceptors (Lipinski definition) is 1. The SMILES string of the molecule is C[C@H](N)CCCc1cc(C(C)(C)C)cc2c1CCCC2. The lowest BCUT2D eigenvalue weighted by Gasteiger charge is -2.26. The van der Waals surface area contributed by atoms with E-state index in [0.29, 0.717) is 6.04 Å². The molecule has 1 aromatic rings. The zero-order valence-electron chi connectivity index (χ0n) is 13.8. The van der Waals surface area contributed by atoms with Crippen LogP contribution in [0.3, 0.4) is 0 Å². The van der Waals surface area contributed by atoms with Gasteiger partial charge in [0.15, 0.2) is 0 Å². The fraction of sp³-hybridized carbons (Fsp3) is 0.684. The van der Waals surface area contributed by atoms with Crippen LogP contribution in [0.15, 0.2) is 12.1 Å². The van der Waals surface area contributed by atoms with E-state index in [0.717, 1.165) is 6.42 Å². The maximum absolute atomic E-state index is 5.89. The van der Waals surface area contributed by atoms with E-state index in [1.54, 1.807) is 16.7 Å². The van der Waals surface area contributed by atoms with Crippen molar-refractivity contribution in [2.24, 2.45) is 5.73 Å². The Kier molecular flexibility index (Phi) is 4.90. The summed E-state index contributed by atoms with van der Waals surface area (Å²) in [4.78, 5) is 0. The van der Waals surface area contributed by atoms with Crippen molar-refractivity contribution in [3.63, 3.8) is 0 Å². The minimum absolute atomic E-state index is 0.252. The molecule has 1 heteroatoms. The molecule has 0 bridgehead atoms. The zero-order valence-corrected chi connectivity index (χ0v) is 13.8. The summed E-state index contributed by atoms with van der Waals surface area (Å²) in [5.74, 6) is 0. The van der Waals surface area contributed by atoms with Crippen molar-refractivity contribution >= 4 is 0 Å². The minimum Gasteiger partial charge on any atom is -0.328 e. The van der Waals surface area contributed by atoms with E-state index in [-0.39, 0.29) is 5.41 Å². The first-order chi connectivity index (χ1) is 9.38. The zero-order chi connectivity index (χ0) is 14.8. The molecule has 112 valence electrons. The van der Waals surface area contributed by atoms with E-state index in [1.807, 2.05) is 0 Å². The highest BCUT2D eigenvalue weighted by molar-refractivity contribution is 5.43. The summed E-state index contributed by atoms with van der Waals surface area (Å²) < 4.78 is 0. The molecule has 0 saturated heterocycles. The molecule has 0 fully saturated rings. The van der Waals surface area contributed by atoms with Crippen LogP contribution in [0.4, 0.5) is 0 Å². The Balaban J connectivity index is 2.27. The predicted octanol–water partition coefficient (Wildman–Crippen LogP) is 4.53. The summed E-state index contributed by atoms with van der Waals surface area (Å²) in [6.07, 6.45) is 8.84. The van der Waals surface area contributed by atoms with E-state index >= 15 is 0 Å². The normalized spacial score (nSPS) is 16.9. The molecule has 2 rings (SSSR count). The molecular formula is C19H31N. The third-order valence-electron chi connectivity index (χ3n) is 4.53. The highest BCUT2D eigenvalue weighted by Gasteiger charge is 2.20. The molecule has 1 nitrogen and oxygen atoms in total. The van der Waals surface area contributed by atoms with Crippen molar-refractivity contribution in [2.45, 2.75) is 84.1 Å². The van der Waals surface area contributed by atoms with Crippen LogP contribution >= 0.6 is 0 Å². The van der Waals surface area contributed by atoms with Gasteiger partial charge >= 0.3 is 0 Å². The van der Waals surface area contributed by atoms with Crippen LogP contribution in [-0.4, -0.2) is 6.04 Å². The quantitative estimate of drug-likeness (QED) is 0.856. The molecule has 20 heavy (non-hydrogen) atoms. The summed E-state index contributed by atoms with van der Waals surface area (Å²) in [6.45, 7) is 9.08. The molecule has 1 aliphatic rings. The number of nitrogens with two attached hydrogens (primary N) is 1. The molecule has 0 saturated carbocycles. The summed E-state index contributed by atoms with van der Waals surface area (Å²) >= 11 is 0. The summed E-state index contributed by atoms with van der Waals surface area (Å²) in [7, 11) is 0. The highest BCUT2D eigenvalue weighted by atomic mass is 14.6. The second-order valence-corrected chi connectivity index (χ2v) is 7.60. The molecule has 0 aliphatic heterocycles. The number of hydrogen-bond donors (Lipinski definition) is 1. The van der Waals surface area contributed by atoms with Crippen molar-refractivity contribution in [2.75, 3.05) is 0 Å². The van der Waals surface area contributed by atoms with Crippen LogP contribution in [0.5, 0.6) is 0 Å². The monoisotopic (exact) mass is 273 g/mol. The Labute approximate surface area is 125 Å². The molecule has 1 aliphatic carbocycles. The topological polar surface area (TPSA) is 26.0 Å². The fourth-order valence-corrected chi connectivity index (χ4v) is 3.23. The number of benzene rings is 1. The van der Waals surface area contributed by atoms with Crippen LogP contribution < -0.4 is 5.73 Å². The van der Waals surface area contributed by atoms with Gasteiger partial charge < -0.3 is 5.73 Å². The van der Waals surface area contributed by atoms with Crippen molar-refractivity contribution < 1.29 is 0 Å². The van der Waals surface area contributed by atoms with Gasteiger partial charge in [0.05, 0.1) is 0 Å². The molecule has 0 radical (unpaired) electrons. The molecule has 0 heterocycles. The van der Waals surface area contributed by atoms with Crippen LogP contribution in [0, 0.1) is 0 Å². The number of fused-ring (bicyclic) bond motifs is 1.